The van der Waals surface area contributed by atoms with Gasteiger partial charge in [0, 0.05) is 31.3 Å². The van der Waals surface area contributed by atoms with Gasteiger partial charge in [0.1, 0.15) is 0 Å². The molecule has 5 nitrogen and oxygen atoms in total. The minimum Gasteiger partial charge on any atom is -0.373 e. The van der Waals surface area contributed by atoms with E-state index in [4.69, 9.17) is 4.74 Å². The van der Waals surface area contributed by atoms with E-state index in [9.17, 15) is 9.59 Å². The molecule has 0 aliphatic rings. The highest BCUT2D eigenvalue weighted by Crippen LogP contribution is 2.19. The standard InChI is InChI=1S/C20H40N2O3.C2H6/c1-8-17(23)21-13-19(4,5)15-25-20(6,7)14-22-18(24)12-10-9-11-16(2)3;1-2/h16H,8-15H2,1-7H3,(H,21,23)(H,22,24);1-2H3. The molecule has 0 saturated heterocycles. The molecule has 0 aliphatic heterocycles. The van der Waals surface area contributed by atoms with Gasteiger partial charge in [-0.1, -0.05) is 61.3 Å². The zero-order valence-corrected chi connectivity index (χ0v) is 19.5. The molecule has 27 heavy (non-hydrogen) atoms. The van der Waals surface area contributed by atoms with Crippen molar-refractivity contribution in [1.82, 2.24) is 10.6 Å². The second kappa shape index (κ2) is 14.9. The number of rotatable bonds is 13. The summed E-state index contributed by atoms with van der Waals surface area (Å²) in [6, 6.07) is 0. The molecule has 0 aromatic carbocycles. The van der Waals surface area contributed by atoms with Crippen LogP contribution in [0.2, 0.25) is 0 Å². The third kappa shape index (κ3) is 18.0. The van der Waals surface area contributed by atoms with Crippen LogP contribution in [0.3, 0.4) is 0 Å². The van der Waals surface area contributed by atoms with Crippen LogP contribution in [0.4, 0.5) is 0 Å². The second-order valence-corrected chi connectivity index (χ2v) is 8.76. The summed E-state index contributed by atoms with van der Waals surface area (Å²) in [4.78, 5) is 23.3. The molecule has 162 valence electrons. The van der Waals surface area contributed by atoms with E-state index in [1.807, 2.05) is 34.6 Å². The maximum atomic E-state index is 11.9. The Morgan fingerprint density at radius 3 is 2.00 bits per heavy atom. The molecular weight excluding hydrogens is 340 g/mol. The third-order valence-electron chi connectivity index (χ3n) is 4.09. The molecule has 5 heteroatoms. The summed E-state index contributed by atoms with van der Waals surface area (Å²) in [5.41, 5.74) is -0.581. The summed E-state index contributed by atoms with van der Waals surface area (Å²) in [6.45, 7) is 19.9. The molecule has 0 unspecified atom stereocenters. The lowest BCUT2D eigenvalue weighted by Crippen LogP contribution is -2.44. The van der Waals surface area contributed by atoms with Crippen molar-refractivity contribution in [2.24, 2.45) is 11.3 Å². The summed E-state index contributed by atoms with van der Waals surface area (Å²) in [7, 11) is 0. The molecule has 0 bridgehead atoms. The van der Waals surface area contributed by atoms with Gasteiger partial charge in [0.25, 0.3) is 0 Å². The normalized spacial score (nSPS) is 11.6. The quantitative estimate of drug-likeness (QED) is 0.451. The average molecular weight is 387 g/mol. The molecule has 0 radical (unpaired) electrons. The van der Waals surface area contributed by atoms with E-state index < -0.39 is 5.60 Å². The predicted octanol–water partition coefficient (Wildman–Crippen LogP) is 4.69. The number of unbranched alkanes of at least 4 members (excludes halogenated alkanes) is 1. The predicted molar refractivity (Wildman–Crippen MR) is 115 cm³/mol. The summed E-state index contributed by atoms with van der Waals surface area (Å²) in [6.07, 6.45) is 4.28. The number of carbonyl (C=O) groups is 2. The Hall–Kier alpha value is -1.10. The van der Waals surface area contributed by atoms with Crippen molar-refractivity contribution < 1.29 is 14.3 Å². The summed E-state index contributed by atoms with van der Waals surface area (Å²) < 4.78 is 6.00. The molecule has 0 fully saturated rings. The van der Waals surface area contributed by atoms with Gasteiger partial charge in [-0.15, -0.1) is 0 Å². The maximum absolute atomic E-state index is 11.9. The van der Waals surface area contributed by atoms with Crippen LogP contribution in [0.25, 0.3) is 0 Å². The smallest absolute Gasteiger partial charge is 0.220 e. The first-order chi connectivity index (χ1) is 12.5. The van der Waals surface area contributed by atoms with Crippen LogP contribution in [0.5, 0.6) is 0 Å². The zero-order valence-electron chi connectivity index (χ0n) is 19.5. The summed E-state index contributed by atoms with van der Waals surface area (Å²) in [5.74, 6) is 0.841. The molecule has 0 saturated carbocycles. The van der Waals surface area contributed by atoms with E-state index in [0.29, 0.717) is 38.5 Å². The van der Waals surface area contributed by atoms with Crippen molar-refractivity contribution in [3.63, 3.8) is 0 Å². The first-order valence-corrected chi connectivity index (χ1v) is 10.6. The Kier molecular flexibility index (Phi) is 15.5. The van der Waals surface area contributed by atoms with Crippen LogP contribution in [0.1, 0.15) is 94.4 Å². The highest BCUT2D eigenvalue weighted by Gasteiger charge is 2.25. The molecule has 0 atom stereocenters. The molecule has 0 aliphatic carbocycles. The number of hydrogen-bond donors (Lipinski definition) is 2. The molecule has 0 aromatic rings. The van der Waals surface area contributed by atoms with Gasteiger partial charge in [-0.3, -0.25) is 9.59 Å². The van der Waals surface area contributed by atoms with E-state index in [2.05, 4.69) is 38.3 Å². The maximum Gasteiger partial charge on any atom is 0.220 e. The molecule has 2 N–H and O–H groups in total. The SMILES string of the molecule is CC.CCC(=O)NCC(C)(C)COC(C)(C)CNC(=O)CCCCC(C)C. The molecule has 0 rings (SSSR count). The van der Waals surface area contributed by atoms with E-state index >= 15 is 0 Å². The lowest BCUT2D eigenvalue weighted by molar-refractivity contribution is -0.124. The monoisotopic (exact) mass is 386 g/mol. The highest BCUT2D eigenvalue weighted by molar-refractivity contribution is 5.76. The van der Waals surface area contributed by atoms with Gasteiger partial charge >= 0.3 is 0 Å². The fraction of sp³-hybridized carbons (Fsp3) is 0.909. The summed E-state index contributed by atoms with van der Waals surface area (Å²) in [5, 5.41) is 5.88. The minimum atomic E-state index is -0.431. The van der Waals surface area contributed by atoms with E-state index in [0.717, 1.165) is 12.8 Å². The van der Waals surface area contributed by atoms with Crippen LogP contribution in [-0.4, -0.2) is 37.1 Å². The fourth-order valence-electron chi connectivity index (χ4n) is 2.19. The van der Waals surface area contributed by atoms with Gasteiger partial charge in [0.15, 0.2) is 0 Å². The number of amides is 2. The van der Waals surface area contributed by atoms with E-state index in [1.54, 1.807) is 0 Å². The molecular formula is C22H46N2O3. The Labute approximate surface area is 168 Å². The van der Waals surface area contributed by atoms with Crippen LogP contribution >= 0.6 is 0 Å². The van der Waals surface area contributed by atoms with Gasteiger partial charge in [-0.25, -0.2) is 0 Å². The first kappa shape index (κ1) is 28.1. The van der Waals surface area contributed by atoms with Crippen LogP contribution in [0.15, 0.2) is 0 Å². The number of hydrogen-bond acceptors (Lipinski definition) is 3. The first-order valence-electron chi connectivity index (χ1n) is 10.6. The van der Waals surface area contributed by atoms with E-state index in [-0.39, 0.29) is 17.2 Å². The van der Waals surface area contributed by atoms with Crippen LogP contribution in [0, 0.1) is 11.3 Å². The lowest BCUT2D eigenvalue weighted by Gasteiger charge is -2.32. The van der Waals surface area contributed by atoms with Crippen molar-refractivity contribution in [1.29, 1.82) is 0 Å². The number of ether oxygens (including phenoxy) is 1. The minimum absolute atomic E-state index is 0.0528. The molecule has 0 spiro atoms. The molecule has 2 amide bonds. The van der Waals surface area contributed by atoms with Gasteiger partial charge in [-0.2, -0.15) is 0 Å². The van der Waals surface area contributed by atoms with Crippen LogP contribution < -0.4 is 10.6 Å². The Balaban J connectivity index is 0. The lowest BCUT2D eigenvalue weighted by atomic mass is 9.94. The summed E-state index contributed by atoms with van der Waals surface area (Å²) >= 11 is 0. The van der Waals surface area contributed by atoms with Crippen molar-refractivity contribution >= 4 is 11.8 Å². The number of carbonyl (C=O) groups excluding carboxylic acids is 2. The van der Waals surface area contributed by atoms with Crippen molar-refractivity contribution in [3.05, 3.63) is 0 Å². The van der Waals surface area contributed by atoms with Gasteiger partial charge < -0.3 is 15.4 Å². The fourth-order valence-corrected chi connectivity index (χ4v) is 2.19. The largest absolute Gasteiger partial charge is 0.373 e. The van der Waals surface area contributed by atoms with Gasteiger partial charge in [0.05, 0.1) is 12.2 Å². The van der Waals surface area contributed by atoms with Gasteiger partial charge in [0.2, 0.25) is 11.8 Å². The third-order valence-corrected chi connectivity index (χ3v) is 4.09. The molecule has 0 aromatic heterocycles. The number of nitrogens with one attached hydrogen (secondary N) is 2. The van der Waals surface area contributed by atoms with Crippen molar-refractivity contribution in [2.45, 2.75) is 100 Å². The topological polar surface area (TPSA) is 67.4 Å². The van der Waals surface area contributed by atoms with Gasteiger partial charge in [-0.05, 0) is 26.2 Å². The second-order valence-electron chi connectivity index (χ2n) is 8.76. The van der Waals surface area contributed by atoms with Crippen molar-refractivity contribution in [3.8, 4) is 0 Å². The zero-order chi connectivity index (χ0) is 21.5. The highest BCUT2D eigenvalue weighted by atomic mass is 16.5. The van der Waals surface area contributed by atoms with E-state index in [1.165, 1.54) is 6.42 Å². The van der Waals surface area contributed by atoms with Crippen LogP contribution in [-0.2, 0) is 14.3 Å². The van der Waals surface area contributed by atoms with Crippen molar-refractivity contribution in [2.75, 3.05) is 19.7 Å². The molecule has 0 heterocycles. The Morgan fingerprint density at radius 2 is 1.48 bits per heavy atom. The Morgan fingerprint density at radius 1 is 0.926 bits per heavy atom. The average Bonchev–Trinajstić information content (AvgIpc) is 2.62. The Bertz CT molecular complexity index is 404.